The fourth-order valence-corrected chi connectivity index (χ4v) is 4.03. The number of fused-ring (bicyclic) bond motifs is 1. The van der Waals surface area contributed by atoms with Crippen molar-refractivity contribution in [3.63, 3.8) is 0 Å². The molecule has 2 heterocycles. The molecule has 0 saturated heterocycles. The summed E-state index contributed by atoms with van der Waals surface area (Å²) >= 11 is 0. The lowest BCUT2D eigenvalue weighted by Gasteiger charge is -2.34. The molecule has 2 aliphatic rings. The number of methoxy groups -OCH3 is 3. The van der Waals surface area contributed by atoms with E-state index in [0.717, 1.165) is 5.70 Å². The average molecular weight is 400 g/mol. The number of ether oxygens (including phenoxy) is 3. The number of benzene rings is 1. The lowest BCUT2D eigenvalue weighted by Crippen LogP contribution is -2.31. The third kappa shape index (κ3) is 3.26. The molecule has 0 saturated carbocycles. The SMILES string of the molecule is COc1cc(OC)c(C2Nc3nonc3NC3=C2C(=O)CC(C)(C)C3)c(OC)c1. The minimum atomic E-state index is -0.565. The minimum Gasteiger partial charge on any atom is -0.496 e. The summed E-state index contributed by atoms with van der Waals surface area (Å²) in [6.07, 6.45) is 1.11. The Morgan fingerprint density at radius 1 is 1.03 bits per heavy atom. The van der Waals surface area contributed by atoms with Crippen LogP contribution >= 0.6 is 0 Å². The van der Waals surface area contributed by atoms with Crippen LogP contribution in [0.1, 0.15) is 38.3 Å². The number of hydrogen-bond donors (Lipinski definition) is 2. The van der Waals surface area contributed by atoms with E-state index in [0.29, 0.717) is 52.9 Å². The number of carbonyl (C=O) groups is 1. The zero-order chi connectivity index (χ0) is 20.8. The maximum atomic E-state index is 13.3. The number of carbonyl (C=O) groups excluding carboxylic acids is 1. The number of allylic oxidation sites excluding steroid dienone is 1. The number of hydrogen-bond acceptors (Lipinski definition) is 9. The molecule has 2 aromatic rings. The molecule has 4 rings (SSSR count). The van der Waals surface area contributed by atoms with Gasteiger partial charge >= 0.3 is 0 Å². The summed E-state index contributed by atoms with van der Waals surface area (Å²) in [6.45, 7) is 4.14. The van der Waals surface area contributed by atoms with Crippen molar-refractivity contribution < 1.29 is 23.6 Å². The van der Waals surface area contributed by atoms with Crippen LogP contribution in [0.5, 0.6) is 17.2 Å². The van der Waals surface area contributed by atoms with Gasteiger partial charge in [0, 0.05) is 29.8 Å². The van der Waals surface area contributed by atoms with Gasteiger partial charge in [-0.05, 0) is 22.1 Å². The predicted octanol–water partition coefficient (Wildman–Crippen LogP) is 3.32. The summed E-state index contributed by atoms with van der Waals surface area (Å²) in [5, 5.41) is 14.4. The molecule has 0 fully saturated rings. The quantitative estimate of drug-likeness (QED) is 0.799. The third-order valence-electron chi connectivity index (χ3n) is 5.29. The van der Waals surface area contributed by atoms with E-state index < -0.39 is 6.04 Å². The van der Waals surface area contributed by atoms with E-state index in [1.807, 2.05) is 0 Å². The zero-order valence-corrected chi connectivity index (χ0v) is 17.1. The van der Waals surface area contributed by atoms with Gasteiger partial charge in [0.05, 0.1) is 32.9 Å². The Hall–Kier alpha value is -3.23. The topological polar surface area (TPSA) is 108 Å². The molecule has 9 nitrogen and oxygen atoms in total. The maximum absolute atomic E-state index is 13.3. The lowest BCUT2D eigenvalue weighted by atomic mass is 9.73. The highest BCUT2D eigenvalue weighted by molar-refractivity contribution is 6.01. The highest BCUT2D eigenvalue weighted by Crippen LogP contribution is 2.49. The Bertz CT molecular complexity index is 970. The Kier molecular flexibility index (Phi) is 4.60. The summed E-state index contributed by atoms with van der Waals surface area (Å²) in [6, 6.07) is 2.96. The van der Waals surface area contributed by atoms with Crippen molar-refractivity contribution >= 4 is 17.4 Å². The molecular weight excluding hydrogens is 376 g/mol. The molecular formula is C20H24N4O5. The van der Waals surface area contributed by atoms with Crippen LogP contribution < -0.4 is 24.8 Å². The van der Waals surface area contributed by atoms with Crippen LogP contribution in [0.25, 0.3) is 0 Å². The van der Waals surface area contributed by atoms with Crippen LogP contribution in [0.3, 0.4) is 0 Å². The van der Waals surface area contributed by atoms with E-state index in [9.17, 15) is 4.79 Å². The Morgan fingerprint density at radius 2 is 1.69 bits per heavy atom. The largest absolute Gasteiger partial charge is 0.496 e. The van der Waals surface area contributed by atoms with E-state index >= 15 is 0 Å². The zero-order valence-electron chi connectivity index (χ0n) is 17.1. The van der Waals surface area contributed by atoms with Gasteiger partial charge in [0.25, 0.3) is 0 Å². The van der Waals surface area contributed by atoms with Crippen LogP contribution in [0.15, 0.2) is 28.0 Å². The van der Waals surface area contributed by atoms with Gasteiger partial charge < -0.3 is 24.8 Å². The van der Waals surface area contributed by atoms with Crippen LogP contribution in [0, 0.1) is 5.41 Å². The van der Waals surface area contributed by atoms with Gasteiger partial charge in [-0.3, -0.25) is 4.79 Å². The van der Waals surface area contributed by atoms with Crippen molar-refractivity contribution in [2.24, 2.45) is 5.41 Å². The summed E-state index contributed by atoms with van der Waals surface area (Å²) in [5.41, 5.74) is 1.90. The first kappa shape index (κ1) is 19.1. The van der Waals surface area contributed by atoms with Crippen LogP contribution in [-0.4, -0.2) is 37.4 Å². The minimum absolute atomic E-state index is 0.0447. The van der Waals surface area contributed by atoms with Gasteiger partial charge in [-0.25, -0.2) is 4.63 Å². The first-order chi connectivity index (χ1) is 13.9. The fourth-order valence-electron chi connectivity index (χ4n) is 4.03. The average Bonchev–Trinajstić information content (AvgIpc) is 3.05. The number of Topliss-reactive ketones (excluding diaryl/α,β-unsaturated/α-hetero) is 1. The van der Waals surface area contributed by atoms with E-state index in [4.69, 9.17) is 18.8 Å². The van der Waals surface area contributed by atoms with E-state index in [1.165, 1.54) is 0 Å². The molecule has 0 amide bonds. The summed E-state index contributed by atoms with van der Waals surface area (Å²) < 4.78 is 21.5. The number of anilines is 2. The molecule has 0 bridgehead atoms. The predicted molar refractivity (Wildman–Crippen MR) is 105 cm³/mol. The van der Waals surface area contributed by atoms with Crippen molar-refractivity contribution in [3.05, 3.63) is 29.0 Å². The first-order valence-corrected chi connectivity index (χ1v) is 9.29. The molecule has 1 unspecified atom stereocenters. The smallest absolute Gasteiger partial charge is 0.219 e. The second-order valence-electron chi connectivity index (χ2n) is 7.94. The van der Waals surface area contributed by atoms with Crippen molar-refractivity contribution in [2.75, 3.05) is 32.0 Å². The van der Waals surface area contributed by atoms with Gasteiger partial charge in [0.2, 0.25) is 11.6 Å². The summed E-state index contributed by atoms with van der Waals surface area (Å²) in [4.78, 5) is 13.3. The molecule has 1 aliphatic heterocycles. The van der Waals surface area contributed by atoms with E-state index in [2.05, 4.69) is 34.8 Å². The Morgan fingerprint density at radius 3 is 2.31 bits per heavy atom. The second kappa shape index (κ2) is 6.98. The molecule has 29 heavy (non-hydrogen) atoms. The number of nitrogens with zero attached hydrogens (tertiary/aromatic N) is 2. The summed E-state index contributed by atoms with van der Waals surface area (Å²) in [5.74, 6) is 2.55. The highest BCUT2D eigenvalue weighted by atomic mass is 16.6. The number of nitrogens with one attached hydrogen (secondary N) is 2. The highest BCUT2D eigenvalue weighted by Gasteiger charge is 2.41. The molecule has 1 aliphatic carbocycles. The van der Waals surface area contributed by atoms with Gasteiger partial charge in [0.1, 0.15) is 17.2 Å². The normalized spacial score (nSPS) is 20.0. The van der Waals surface area contributed by atoms with E-state index in [1.54, 1.807) is 33.5 Å². The Labute approximate surface area is 168 Å². The van der Waals surface area contributed by atoms with Crippen LogP contribution in [0.4, 0.5) is 11.6 Å². The molecule has 1 aromatic heterocycles. The van der Waals surface area contributed by atoms with Crippen molar-refractivity contribution in [1.29, 1.82) is 0 Å². The monoisotopic (exact) mass is 400 g/mol. The Balaban J connectivity index is 1.95. The van der Waals surface area contributed by atoms with Crippen molar-refractivity contribution in [1.82, 2.24) is 10.3 Å². The first-order valence-electron chi connectivity index (χ1n) is 9.29. The van der Waals surface area contributed by atoms with Crippen LogP contribution in [-0.2, 0) is 4.79 Å². The standard InChI is InChI=1S/C20H24N4O5/c1-20(2)8-11-15(12(25)9-20)17(22-19-18(21-11)23-29-24-19)16-13(27-4)6-10(26-3)7-14(16)28-5/h6-7,17H,8-9H2,1-5H3,(H,21,23)(H,22,24). The second-order valence-corrected chi connectivity index (χ2v) is 7.94. The van der Waals surface area contributed by atoms with Gasteiger partial charge in [-0.2, -0.15) is 0 Å². The molecule has 2 N–H and O–H groups in total. The third-order valence-corrected chi connectivity index (χ3v) is 5.29. The van der Waals surface area contributed by atoms with Crippen molar-refractivity contribution in [3.8, 4) is 17.2 Å². The molecule has 0 spiro atoms. The number of rotatable bonds is 4. The molecule has 154 valence electrons. The van der Waals surface area contributed by atoms with Gasteiger partial charge in [0.15, 0.2) is 5.78 Å². The number of ketones is 1. The van der Waals surface area contributed by atoms with E-state index in [-0.39, 0.29) is 11.2 Å². The lowest BCUT2D eigenvalue weighted by molar-refractivity contribution is -0.118. The van der Waals surface area contributed by atoms with Gasteiger partial charge in [-0.15, -0.1) is 0 Å². The number of aromatic nitrogens is 2. The fraction of sp³-hybridized carbons (Fsp3) is 0.450. The van der Waals surface area contributed by atoms with Gasteiger partial charge in [-0.1, -0.05) is 13.8 Å². The van der Waals surface area contributed by atoms with Crippen LogP contribution in [0.2, 0.25) is 0 Å². The van der Waals surface area contributed by atoms with Crippen molar-refractivity contribution in [2.45, 2.75) is 32.7 Å². The molecule has 1 aromatic carbocycles. The molecule has 0 radical (unpaired) electrons. The maximum Gasteiger partial charge on any atom is 0.219 e. The summed E-state index contributed by atoms with van der Waals surface area (Å²) in [7, 11) is 4.70. The molecule has 1 atom stereocenters. The molecule has 9 heteroatoms.